The molecule has 1 aromatic carbocycles. The smallest absolute Gasteiger partial charge is 0.348 e. The number of nitro groups is 1. The monoisotopic (exact) mass is 334 g/mol. The molecule has 120 valence electrons. The molecule has 0 saturated carbocycles. The fraction of sp³-hybridized carbons (Fsp3) is 0.200. The molecule has 8 heteroatoms. The molecule has 0 bridgehead atoms. The first-order valence-electron chi connectivity index (χ1n) is 6.75. The molecule has 2 aromatic rings. The second-order valence-electron chi connectivity index (χ2n) is 4.62. The summed E-state index contributed by atoms with van der Waals surface area (Å²) in [6, 6.07) is 7.88. The van der Waals surface area contributed by atoms with Gasteiger partial charge in [0.15, 0.2) is 5.00 Å². The lowest BCUT2D eigenvalue weighted by molar-refractivity contribution is -0.383. The Labute approximate surface area is 136 Å². The van der Waals surface area contributed by atoms with Gasteiger partial charge in [-0.05, 0) is 26.0 Å². The van der Waals surface area contributed by atoms with Gasteiger partial charge in [-0.25, -0.2) is 4.79 Å². The fourth-order valence-corrected chi connectivity index (χ4v) is 2.70. The minimum Gasteiger partial charge on any atom is -0.462 e. The summed E-state index contributed by atoms with van der Waals surface area (Å²) in [4.78, 5) is 34.3. The summed E-state index contributed by atoms with van der Waals surface area (Å²) in [5, 5.41) is 13.6. The van der Waals surface area contributed by atoms with Crippen LogP contribution in [0.15, 0.2) is 30.3 Å². The van der Waals surface area contributed by atoms with Crippen LogP contribution in [0.4, 0.5) is 10.7 Å². The van der Waals surface area contributed by atoms with Crippen molar-refractivity contribution in [3.8, 4) is 0 Å². The molecule has 0 atom stereocenters. The van der Waals surface area contributed by atoms with E-state index in [0.29, 0.717) is 5.56 Å². The molecule has 2 rings (SSSR count). The summed E-state index contributed by atoms with van der Waals surface area (Å²) in [5.41, 5.74) is 1.03. The van der Waals surface area contributed by atoms with Crippen LogP contribution in [0.5, 0.6) is 0 Å². The van der Waals surface area contributed by atoms with Crippen LogP contribution in [0, 0.1) is 17.0 Å². The predicted octanol–water partition coefficient (Wildman–Crippen LogP) is 3.39. The molecule has 1 amide bonds. The Morgan fingerprint density at radius 3 is 2.52 bits per heavy atom. The highest BCUT2D eigenvalue weighted by Crippen LogP contribution is 2.35. The maximum absolute atomic E-state index is 12.2. The lowest BCUT2D eigenvalue weighted by Crippen LogP contribution is -2.11. The Morgan fingerprint density at radius 2 is 1.96 bits per heavy atom. The summed E-state index contributed by atoms with van der Waals surface area (Å²) < 4.78 is 4.81. The number of hydrogen-bond donors (Lipinski definition) is 1. The van der Waals surface area contributed by atoms with Gasteiger partial charge < -0.3 is 10.1 Å². The quantitative estimate of drug-likeness (QED) is 0.513. The number of carbonyl (C=O) groups is 2. The Kier molecular flexibility index (Phi) is 5.07. The largest absolute Gasteiger partial charge is 0.462 e. The van der Waals surface area contributed by atoms with Crippen LogP contribution in [-0.2, 0) is 4.74 Å². The number of ether oxygens (including phenoxy) is 1. The molecule has 0 aliphatic rings. The van der Waals surface area contributed by atoms with Crippen LogP contribution in [0.3, 0.4) is 0 Å². The van der Waals surface area contributed by atoms with Crippen molar-refractivity contribution in [2.45, 2.75) is 13.8 Å². The first kappa shape index (κ1) is 16.6. The minimum atomic E-state index is -0.656. The number of thiophene rings is 1. The second kappa shape index (κ2) is 7.01. The average Bonchev–Trinajstić information content (AvgIpc) is 2.92. The van der Waals surface area contributed by atoms with E-state index in [0.717, 1.165) is 23.0 Å². The minimum absolute atomic E-state index is 0.00336. The van der Waals surface area contributed by atoms with Gasteiger partial charge in [-0.3, -0.25) is 14.9 Å². The van der Waals surface area contributed by atoms with E-state index in [1.165, 1.54) is 0 Å². The maximum Gasteiger partial charge on any atom is 0.348 e. The SMILES string of the molecule is CCOC(=O)c1cc([N+](=O)[O-])c(NC(=O)c2ccc(C)cc2)s1. The van der Waals surface area contributed by atoms with E-state index in [1.54, 1.807) is 31.2 Å². The standard InChI is InChI=1S/C15H14N2O5S/c1-3-22-15(19)12-8-11(17(20)21)14(23-12)16-13(18)10-6-4-9(2)5-7-10/h4-8H,3H2,1-2H3,(H,16,18). The zero-order chi connectivity index (χ0) is 17.0. The van der Waals surface area contributed by atoms with Crippen molar-refractivity contribution in [3.05, 3.63) is 56.5 Å². The highest BCUT2D eigenvalue weighted by molar-refractivity contribution is 7.18. The normalized spacial score (nSPS) is 10.2. The Hall–Kier alpha value is -2.74. The lowest BCUT2D eigenvalue weighted by atomic mass is 10.1. The van der Waals surface area contributed by atoms with E-state index in [2.05, 4.69) is 5.32 Å². The molecule has 0 spiro atoms. The highest BCUT2D eigenvalue weighted by Gasteiger charge is 2.24. The number of nitrogens with one attached hydrogen (secondary N) is 1. The summed E-state index contributed by atoms with van der Waals surface area (Å²) in [7, 11) is 0. The molecule has 0 fully saturated rings. The Morgan fingerprint density at radius 1 is 1.30 bits per heavy atom. The molecule has 1 heterocycles. The third kappa shape index (κ3) is 3.92. The number of benzene rings is 1. The molecule has 0 unspecified atom stereocenters. The molecule has 0 radical (unpaired) electrons. The number of hydrogen-bond acceptors (Lipinski definition) is 6. The average molecular weight is 334 g/mol. The van der Waals surface area contributed by atoms with E-state index >= 15 is 0 Å². The van der Waals surface area contributed by atoms with Gasteiger partial charge in [0.1, 0.15) is 4.88 Å². The van der Waals surface area contributed by atoms with E-state index < -0.39 is 16.8 Å². The van der Waals surface area contributed by atoms with E-state index in [9.17, 15) is 19.7 Å². The summed E-state index contributed by atoms with van der Waals surface area (Å²) >= 11 is 0.814. The van der Waals surface area contributed by atoms with Crippen molar-refractivity contribution in [2.75, 3.05) is 11.9 Å². The molecule has 7 nitrogen and oxygen atoms in total. The van der Waals surface area contributed by atoms with Crippen LogP contribution in [0.25, 0.3) is 0 Å². The van der Waals surface area contributed by atoms with Gasteiger partial charge in [0.2, 0.25) is 0 Å². The fourth-order valence-electron chi connectivity index (χ4n) is 1.79. The molecule has 1 N–H and O–H groups in total. The molecular formula is C15H14N2O5S. The first-order valence-corrected chi connectivity index (χ1v) is 7.57. The third-order valence-electron chi connectivity index (χ3n) is 2.93. The van der Waals surface area contributed by atoms with Crippen molar-refractivity contribution in [2.24, 2.45) is 0 Å². The third-order valence-corrected chi connectivity index (χ3v) is 3.95. The molecule has 23 heavy (non-hydrogen) atoms. The number of anilines is 1. The number of rotatable bonds is 5. The van der Waals surface area contributed by atoms with Gasteiger partial charge in [0.05, 0.1) is 11.5 Å². The number of aryl methyl sites for hydroxylation is 1. The van der Waals surface area contributed by atoms with E-state index in [1.807, 2.05) is 6.92 Å². The predicted molar refractivity (Wildman–Crippen MR) is 86.1 cm³/mol. The van der Waals surface area contributed by atoms with Crippen molar-refractivity contribution < 1.29 is 19.2 Å². The van der Waals surface area contributed by atoms with Gasteiger partial charge in [-0.15, -0.1) is 11.3 Å². The Balaban J connectivity index is 2.27. The van der Waals surface area contributed by atoms with Gasteiger partial charge in [-0.2, -0.15) is 0 Å². The molecule has 0 saturated heterocycles. The summed E-state index contributed by atoms with van der Waals surface area (Å²) in [6.45, 7) is 3.69. The summed E-state index contributed by atoms with van der Waals surface area (Å²) in [5.74, 6) is -1.14. The van der Waals surface area contributed by atoms with Crippen molar-refractivity contribution in [1.82, 2.24) is 0 Å². The van der Waals surface area contributed by atoms with Crippen LogP contribution in [0.1, 0.15) is 32.5 Å². The van der Waals surface area contributed by atoms with Gasteiger partial charge in [0.25, 0.3) is 5.91 Å². The topological polar surface area (TPSA) is 98.5 Å². The van der Waals surface area contributed by atoms with Crippen molar-refractivity contribution in [3.63, 3.8) is 0 Å². The van der Waals surface area contributed by atoms with Gasteiger partial charge >= 0.3 is 11.7 Å². The van der Waals surface area contributed by atoms with Gasteiger partial charge in [-0.1, -0.05) is 17.7 Å². The van der Waals surface area contributed by atoms with Crippen LogP contribution < -0.4 is 5.32 Å². The first-order chi connectivity index (χ1) is 10.9. The van der Waals surface area contributed by atoms with E-state index in [-0.39, 0.29) is 22.2 Å². The van der Waals surface area contributed by atoms with Crippen molar-refractivity contribution in [1.29, 1.82) is 0 Å². The molecular weight excluding hydrogens is 320 g/mol. The molecule has 1 aromatic heterocycles. The Bertz CT molecular complexity index is 752. The zero-order valence-corrected chi connectivity index (χ0v) is 13.3. The van der Waals surface area contributed by atoms with Crippen LogP contribution in [0.2, 0.25) is 0 Å². The maximum atomic E-state index is 12.2. The number of esters is 1. The zero-order valence-electron chi connectivity index (χ0n) is 12.5. The number of amides is 1. The highest BCUT2D eigenvalue weighted by atomic mass is 32.1. The van der Waals surface area contributed by atoms with E-state index in [4.69, 9.17) is 4.74 Å². The molecule has 0 aliphatic heterocycles. The van der Waals surface area contributed by atoms with Crippen LogP contribution in [-0.4, -0.2) is 23.4 Å². The summed E-state index contributed by atoms with van der Waals surface area (Å²) in [6.07, 6.45) is 0. The van der Waals surface area contributed by atoms with Crippen molar-refractivity contribution >= 4 is 33.9 Å². The lowest BCUT2D eigenvalue weighted by Gasteiger charge is -2.03. The number of carbonyl (C=O) groups excluding carboxylic acids is 2. The van der Waals surface area contributed by atoms with Gasteiger partial charge in [0, 0.05) is 11.6 Å². The van der Waals surface area contributed by atoms with Crippen LogP contribution >= 0.6 is 11.3 Å². The molecule has 0 aliphatic carbocycles. The second-order valence-corrected chi connectivity index (χ2v) is 5.67. The number of nitrogens with zero attached hydrogens (tertiary/aromatic N) is 1.